The summed E-state index contributed by atoms with van der Waals surface area (Å²) in [7, 11) is 0. The first kappa shape index (κ1) is 16.7. The summed E-state index contributed by atoms with van der Waals surface area (Å²) >= 11 is 7.21. The van der Waals surface area contributed by atoms with Crippen molar-refractivity contribution >= 4 is 31.9 Å². The zero-order valence-electron chi connectivity index (χ0n) is 12.7. The van der Waals surface area contributed by atoms with Gasteiger partial charge in [-0.3, -0.25) is 4.68 Å². The molecule has 0 radical (unpaired) electrons. The van der Waals surface area contributed by atoms with E-state index >= 15 is 0 Å². The van der Waals surface area contributed by atoms with E-state index in [1.807, 2.05) is 6.07 Å². The van der Waals surface area contributed by atoms with Crippen molar-refractivity contribution in [3.63, 3.8) is 0 Å². The number of hydrogen-bond acceptors (Lipinski definition) is 2. The van der Waals surface area contributed by atoms with Gasteiger partial charge in [-0.2, -0.15) is 5.10 Å². The first-order chi connectivity index (χ1) is 9.97. The Bertz CT molecular complexity index is 635. The summed E-state index contributed by atoms with van der Waals surface area (Å²) in [5.41, 5.74) is 11.1. The first-order valence-electron chi connectivity index (χ1n) is 7.23. The largest absolute Gasteiger partial charge is 0.324 e. The Morgan fingerprint density at radius 2 is 2.00 bits per heavy atom. The fourth-order valence-electron chi connectivity index (χ4n) is 2.54. The smallest absolute Gasteiger partial charge is 0.0766 e. The van der Waals surface area contributed by atoms with Gasteiger partial charge in [-0.1, -0.05) is 28.9 Å². The summed E-state index contributed by atoms with van der Waals surface area (Å²) in [5, 5.41) is 4.64. The normalized spacial score (nSPS) is 12.7. The third-order valence-corrected chi connectivity index (χ3v) is 5.16. The minimum absolute atomic E-state index is 0.0366. The van der Waals surface area contributed by atoms with Gasteiger partial charge in [-0.25, -0.2) is 0 Å². The van der Waals surface area contributed by atoms with E-state index in [2.05, 4.69) is 74.5 Å². The van der Waals surface area contributed by atoms with Crippen LogP contribution in [0.1, 0.15) is 42.4 Å². The van der Waals surface area contributed by atoms with E-state index in [1.165, 1.54) is 16.8 Å². The molecule has 0 aliphatic carbocycles. The van der Waals surface area contributed by atoms with Crippen molar-refractivity contribution in [2.75, 3.05) is 0 Å². The Kier molecular flexibility index (Phi) is 5.63. The van der Waals surface area contributed by atoms with Crippen LogP contribution in [0, 0.1) is 6.92 Å². The fourth-order valence-corrected chi connectivity index (χ4v) is 3.65. The molecule has 0 amide bonds. The fraction of sp³-hybridized carbons (Fsp3) is 0.438. The van der Waals surface area contributed by atoms with E-state index in [9.17, 15) is 0 Å². The maximum atomic E-state index is 6.46. The topological polar surface area (TPSA) is 43.8 Å². The monoisotopic (exact) mass is 413 g/mol. The molecule has 114 valence electrons. The van der Waals surface area contributed by atoms with Gasteiger partial charge in [0.2, 0.25) is 0 Å². The highest BCUT2D eigenvalue weighted by molar-refractivity contribution is 9.10. The van der Waals surface area contributed by atoms with Crippen LogP contribution in [0.4, 0.5) is 0 Å². The molecule has 0 aliphatic heterocycles. The second-order valence-electron chi connectivity index (χ2n) is 5.19. The number of aromatic nitrogens is 2. The van der Waals surface area contributed by atoms with Crippen LogP contribution in [0.15, 0.2) is 27.1 Å². The number of nitrogens with two attached hydrogens (primary N) is 1. The first-order valence-corrected chi connectivity index (χ1v) is 8.82. The number of hydrogen-bond donors (Lipinski definition) is 1. The van der Waals surface area contributed by atoms with Gasteiger partial charge in [0.05, 0.1) is 15.9 Å². The highest BCUT2D eigenvalue weighted by Crippen LogP contribution is 2.28. The Morgan fingerprint density at radius 1 is 1.29 bits per heavy atom. The van der Waals surface area contributed by atoms with Crippen LogP contribution in [0.25, 0.3) is 0 Å². The summed E-state index contributed by atoms with van der Waals surface area (Å²) in [6.45, 7) is 7.19. The van der Waals surface area contributed by atoms with Crippen LogP contribution in [0.2, 0.25) is 0 Å². The van der Waals surface area contributed by atoms with E-state index < -0.39 is 0 Å². The Morgan fingerprint density at radius 3 is 2.62 bits per heavy atom. The number of nitrogens with zero attached hydrogens (tertiary/aromatic N) is 2. The molecular formula is C16H21Br2N3. The van der Waals surface area contributed by atoms with E-state index in [1.54, 1.807) is 0 Å². The molecule has 0 aliphatic rings. The third kappa shape index (κ3) is 3.58. The van der Waals surface area contributed by atoms with Crippen LogP contribution < -0.4 is 5.73 Å². The number of rotatable bonds is 5. The molecule has 21 heavy (non-hydrogen) atoms. The molecule has 0 fully saturated rings. The average molecular weight is 415 g/mol. The van der Waals surface area contributed by atoms with Gasteiger partial charge in [-0.05, 0) is 59.5 Å². The molecule has 0 saturated heterocycles. The highest BCUT2D eigenvalue weighted by atomic mass is 79.9. The number of aryl methyl sites for hydroxylation is 3. The van der Waals surface area contributed by atoms with Crippen LogP contribution in [0.5, 0.6) is 0 Å². The molecule has 1 unspecified atom stereocenters. The van der Waals surface area contributed by atoms with Gasteiger partial charge in [0, 0.05) is 23.5 Å². The van der Waals surface area contributed by atoms with E-state index in [0.29, 0.717) is 0 Å². The molecule has 3 nitrogen and oxygen atoms in total. The second kappa shape index (κ2) is 7.07. The van der Waals surface area contributed by atoms with Crippen molar-refractivity contribution in [2.45, 2.75) is 46.2 Å². The molecule has 1 aromatic carbocycles. The minimum atomic E-state index is -0.0366. The van der Waals surface area contributed by atoms with Crippen molar-refractivity contribution in [3.8, 4) is 0 Å². The lowest BCUT2D eigenvalue weighted by Gasteiger charge is -2.16. The van der Waals surface area contributed by atoms with Crippen LogP contribution >= 0.6 is 31.9 Å². The van der Waals surface area contributed by atoms with Crippen LogP contribution in [-0.2, 0) is 19.4 Å². The lowest BCUT2D eigenvalue weighted by molar-refractivity contribution is 0.583. The van der Waals surface area contributed by atoms with Crippen molar-refractivity contribution in [2.24, 2.45) is 5.73 Å². The average Bonchev–Trinajstić information content (AvgIpc) is 2.77. The Labute approximate surface area is 143 Å². The van der Waals surface area contributed by atoms with E-state index in [-0.39, 0.29) is 6.04 Å². The zero-order chi connectivity index (χ0) is 15.6. The van der Waals surface area contributed by atoms with Gasteiger partial charge in [0.1, 0.15) is 0 Å². The van der Waals surface area contributed by atoms with Crippen molar-refractivity contribution in [1.29, 1.82) is 0 Å². The maximum Gasteiger partial charge on any atom is 0.0766 e. The van der Waals surface area contributed by atoms with Crippen molar-refractivity contribution in [3.05, 3.63) is 49.7 Å². The molecule has 2 rings (SSSR count). The number of halogens is 2. The summed E-state index contributed by atoms with van der Waals surface area (Å²) in [6.07, 6.45) is 1.70. The predicted octanol–water partition coefficient (Wildman–Crippen LogP) is 4.54. The molecule has 2 N–H and O–H groups in total. The van der Waals surface area contributed by atoms with Gasteiger partial charge in [-0.15, -0.1) is 0 Å². The second-order valence-corrected chi connectivity index (χ2v) is 6.90. The summed E-state index contributed by atoms with van der Waals surface area (Å²) in [4.78, 5) is 0. The van der Waals surface area contributed by atoms with Crippen molar-refractivity contribution in [1.82, 2.24) is 9.78 Å². The molecule has 5 heteroatoms. The predicted molar refractivity (Wildman–Crippen MR) is 94.5 cm³/mol. The SMILES string of the molecule is CCc1nn(CC)c(CC(N)c2cc(Br)ccc2C)c1Br. The van der Waals surface area contributed by atoms with Crippen molar-refractivity contribution < 1.29 is 0 Å². The van der Waals surface area contributed by atoms with Gasteiger partial charge in [0.25, 0.3) is 0 Å². The highest BCUT2D eigenvalue weighted by Gasteiger charge is 2.18. The summed E-state index contributed by atoms with van der Waals surface area (Å²) in [5.74, 6) is 0. The van der Waals surface area contributed by atoms with E-state index in [4.69, 9.17) is 5.73 Å². The lowest BCUT2D eigenvalue weighted by Crippen LogP contribution is -2.17. The summed E-state index contributed by atoms with van der Waals surface area (Å²) < 4.78 is 4.22. The van der Waals surface area contributed by atoms with Gasteiger partial charge in [0.15, 0.2) is 0 Å². The summed E-state index contributed by atoms with van der Waals surface area (Å²) in [6, 6.07) is 6.22. The molecule has 1 aromatic heterocycles. The zero-order valence-corrected chi connectivity index (χ0v) is 15.8. The molecule has 1 heterocycles. The molecular weight excluding hydrogens is 394 g/mol. The molecule has 1 atom stereocenters. The molecule has 2 aromatic rings. The molecule has 0 saturated carbocycles. The lowest BCUT2D eigenvalue weighted by atomic mass is 9.98. The van der Waals surface area contributed by atoms with Gasteiger partial charge < -0.3 is 5.73 Å². The molecule has 0 bridgehead atoms. The number of benzene rings is 1. The maximum absolute atomic E-state index is 6.46. The van der Waals surface area contributed by atoms with Crippen LogP contribution in [0.3, 0.4) is 0 Å². The minimum Gasteiger partial charge on any atom is -0.324 e. The molecule has 0 spiro atoms. The standard InChI is InChI=1S/C16H21Br2N3/c1-4-14-16(18)15(21(5-2)20-14)9-13(19)12-8-11(17)7-6-10(12)3/h6-8,13H,4-5,9,19H2,1-3H3. The Balaban J connectivity index is 2.33. The van der Waals surface area contributed by atoms with Crippen LogP contribution in [-0.4, -0.2) is 9.78 Å². The van der Waals surface area contributed by atoms with Gasteiger partial charge >= 0.3 is 0 Å². The van der Waals surface area contributed by atoms with E-state index in [0.717, 1.165) is 34.0 Å². The third-order valence-electron chi connectivity index (χ3n) is 3.75. The Hall–Kier alpha value is -0.650. The quantitative estimate of drug-likeness (QED) is 0.780.